The van der Waals surface area contributed by atoms with Crippen LogP contribution in [-0.4, -0.2) is 28.6 Å². The van der Waals surface area contributed by atoms with Gasteiger partial charge in [0.1, 0.15) is 11.6 Å². The zero-order chi connectivity index (χ0) is 24.1. The van der Waals surface area contributed by atoms with Gasteiger partial charge < -0.3 is 14.6 Å². The quantitative estimate of drug-likeness (QED) is 0.414. The molecule has 0 aliphatic carbocycles. The second-order valence-corrected chi connectivity index (χ2v) is 10.8. The summed E-state index contributed by atoms with van der Waals surface area (Å²) in [5.74, 6) is 2.06. The first-order chi connectivity index (χ1) is 15.6. The summed E-state index contributed by atoms with van der Waals surface area (Å²) in [6, 6.07) is 16.7. The van der Waals surface area contributed by atoms with Crippen LogP contribution in [-0.2, 0) is 23.2 Å². The number of amides is 1. The highest BCUT2D eigenvalue weighted by atomic mass is 16.5. The van der Waals surface area contributed by atoms with E-state index in [1.54, 1.807) is 0 Å². The van der Waals surface area contributed by atoms with Gasteiger partial charge in [-0.3, -0.25) is 4.79 Å². The summed E-state index contributed by atoms with van der Waals surface area (Å²) in [4.78, 5) is 17.0. The predicted octanol–water partition coefficient (Wildman–Crippen LogP) is 5.90. The Morgan fingerprint density at radius 2 is 1.67 bits per heavy atom. The van der Waals surface area contributed by atoms with E-state index in [0.29, 0.717) is 13.2 Å². The lowest BCUT2D eigenvalue weighted by atomic mass is 9.87. The first-order valence-electron chi connectivity index (χ1n) is 12.0. The molecular formula is C28H39N3O2. The number of rotatable bonds is 9. The van der Waals surface area contributed by atoms with Crippen LogP contribution >= 0.6 is 0 Å². The average molecular weight is 450 g/mol. The third kappa shape index (κ3) is 6.83. The highest BCUT2D eigenvalue weighted by Gasteiger charge is 2.20. The van der Waals surface area contributed by atoms with E-state index in [9.17, 15) is 4.79 Å². The van der Waals surface area contributed by atoms with E-state index in [-0.39, 0.29) is 16.7 Å². The van der Waals surface area contributed by atoms with Gasteiger partial charge in [0, 0.05) is 24.9 Å². The van der Waals surface area contributed by atoms with Gasteiger partial charge in [-0.2, -0.15) is 0 Å². The van der Waals surface area contributed by atoms with Crippen molar-refractivity contribution in [2.75, 3.05) is 13.2 Å². The minimum Gasteiger partial charge on any atom is -0.494 e. The number of aromatic nitrogens is 2. The number of aryl methyl sites for hydroxylation is 2. The van der Waals surface area contributed by atoms with Crippen molar-refractivity contribution in [3.05, 3.63) is 59.9 Å². The van der Waals surface area contributed by atoms with Gasteiger partial charge in [-0.05, 0) is 48.1 Å². The second kappa shape index (κ2) is 10.4. The summed E-state index contributed by atoms with van der Waals surface area (Å²) in [6.07, 6.45) is 2.59. The maximum Gasteiger partial charge on any atom is 0.225 e. The normalized spacial score (nSPS) is 12.2. The van der Waals surface area contributed by atoms with Gasteiger partial charge in [0.05, 0.1) is 17.6 Å². The zero-order valence-electron chi connectivity index (χ0n) is 21.1. The molecule has 0 unspecified atom stereocenters. The van der Waals surface area contributed by atoms with Crippen LogP contribution in [0.3, 0.4) is 0 Å². The average Bonchev–Trinajstić information content (AvgIpc) is 3.10. The minimum atomic E-state index is -0.361. The predicted molar refractivity (Wildman–Crippen MR) is 136 cm³/mol. The number of nitrogens with zero attached hydrogens (tertiary/aromatic N) is 2. The van der Waals surface area contributed by atoms with Gasteiger partial charge in [0.2, 0.25) is 5.91 Å². The molecule has 0 spiro atoms. The highest BCUT2D eigenvalue weighted by Crippen LogP contribution is 2.24. The molecular weight excluding hydrogens is 410 g/mol. The molecule has 1 heterocycles. The Hall–Kier alpha value is -2.82. The van der Waals surface area contributed by atoms with Crippen LogP contribution < -0.4 is 10.1 Å². The lowest BCUT2D eigenvalue weighted by Crippen LogP contribution is -2.35. The first-order valence-corrected chi connectivity index (χ1v) is 12.0. The number of carbonyl (C=O) groups excluding carboxylic acids is 1. The van der Waals surface area contributed by atoms with E-state index in [1.165, 1.54) is 5.56 Å². The number of hydrogen-bond donors (Lipinski definition) is 1. The number of carbonyl (C=O) groups is 1. The Labute approximate surface area is 198 Å². The number of nitrogens with one attached hydrogen (secondary N) is 1. The fourth-order valence-electron chi connectivity index (χ4n) is 3.74. The standard InChI is InChI=1S/C28H39N3O2/c1-27(2,3)21-14-16-22(17-15-21)33-20-10-19-31-24-12-8-7-11-23(24)30-25(31)13-9-18-29-26(32)28(4,5)6/h7-8,11-12,14-17H,9-10,13,18-20H2,1-6H3,(H,29,32). The van der Waals surface area contributed by atoms with Crippen LogP contribution in [0.1, 0.15) is 65.8 Å². The van der Waals surface area contributed by atoms with E-state index < -0.39 is 0 Å². The molecule has 1 N–H and O–H groups in total. The summed E-state index contributed by atoms with van der Waals surface area (Å²) in [5.41, 5.74) is 3.27. The van der Waals surface area contributed by atoms with Gasteiger partial charge in [-0.25, -0.2) is 4.98 Å². The van der Waals surface area contributed by atoms with Gasteiger partial charge in [0.25, 0.3) is 0 Å². The van der Waals surface area contributed by atoms with E-state index in [0.717, 1.165) is 48.4 Å². The van der Waals surface area contributed by atoms with Gasteiger partial charge in [-0.1, -0.05) is 65.8 Å². The van der Waals surface area contributed by atoms with Crippen LogP contribution in [0, 0.1) is 5.41 Å². The van der Waals surface area contributed by atoms with Crippen molar-refractivity contribution in [3.63, 3.8) is 0 Å². The van der Waals surface area contributed by atoms with Crippen molar-refractivity contribution in [1.29, 1.82) is 0 Å². The second-order valence-electron chi connectivity index (χ2n) is 10.8. The van der Waals surface area contributed by atoms with Crippen LogP contribution in [0.15, 0.2) is 48.5 Å². The summed E-state index contributed by atoms with van der Waals surface area (Å²) in [7, 11) is 0. The molecule has 33 heavy (non-hydrogen) atoms. The van der Waals surface area contributed by atoms with Crippen molar-refractivity contribution in [3.8, 4) is 5.75 Å². The van der Waals surface area contributed by atoms with Gasteiger partial charge in [0.15, 0.2) is 0 Å². The van der Waals surface area contributed by atoms with Crippen molar-refractivity contribution in [2.24, 2.45) is 5.41 Å². The molecule has 0 atom stereocenters. The van der Waals surface area contributed by atoms with Crippen LogP contribution in [0.2, 0.25) is 0 Å². The lowest BCUT2D eigenvalue weighted by molar-refractivity contribution is -0.128. The molecule has 3 rings (SSSR count). The highest BCUT2D eigenvalue weighted by molar-refractivity contribution is 5.81. The molecule has 0 saturated carbocycles. The molecule has 1 amide bonds. The molecule has 0 aliphatic heterocycles. The molecule has 3 aromatic rings. The van der Waals surface area contributed by atoms with Crippen molar-refractivity contribution in [1.82, 2.24) is 14.9 Å². The Balaban J connectivity index is 1.56. The van der Waals surface area contributed by atoms with Crippen molar-refractivity contribution < 1.29 is 9.53 Å². The third-order valence-corrected chi connectivity index (χ3v) is 5.79. The molecule has 5 nitrogen and oxygen atoms in total. The van der Waals surface area contributed by atoms with Gasteiger partial charge in [-0.15, -0.1) is 0 Å². The number of fused-ring (bicyclic) bond motifs is 1. The van der Waals surface area contributed by atoms with E-state index in [2.05, 4.69) is 73.1 Å². The Morgan fingerprint density at radius 3 is 2.33 bits per heavy atom. The Bertz CT molecular complexity index is 1050. The fourth-order valence-corrected chi connectivity index (χ4v) is 3.74. The minimum absolute atomic E-state index is 0.0867. The van der Waals surface area contributed by atoms with Gasteiger partial charge >= 0.3 is 0 Å². The van der Waals surface area contributed by atoms with Crippen LogP contribution in [0.25, 0.3) is 11.0 Å². The Morgan fingerprint density at radius 1 is 0.970 bits per heavy atom. The molecule has 178 valence electrons. The topological polar surface area (TPSA) is 56.2 Å². The Kier molecular flexibility index (Phi) is 7.83. The molecule has 0 radical (unpaired) electrons. The number of hydrogen-bond acceptors (Lipinski definition) is 3. The number of imidazole rings is 1. The summed E-state index contributed by atoms with van der Waals surface area (Å²) >= 11 is 0. The smallest absolute Gasteiger partial charge is 0.225 e. The summed E-state index contributed by atoms with van der Waals surface area (Å²) in [5, 5.41) is 3.03. The molecule has 0 bridgehead atoms. The van der Waals surface area contributed by atoms with Crippen LogP contribution in [0.5, 0.6) is 5.75 Å². The monoisotopic (exact) mass is 449 g/mol. The summed E-state index contributed by atoms with van der Waals surface area (Å²) < 4.78 is 8.30. The van der Waals surface area contributed by atoms with Crippen molar-refractivity contribution >= 4 is 16.9 Å². The zero-order valence-corrected chi connectivity index (χ0v) is 21.1. The maximum absolute atomic E-state index is 12.1. The van der Waals surface area contributed by atoms with Crippen LogP contribution in [0.4, 0.5) is 0 Å². The molecule has 0 saturated heterocycles. The molecule has 1 aromatic heterocycles. The van der Waals surface area contributed by atoms with Crippen molar-refractivity contribution in [2.45, 2.75) is 72.8 Å². The molecule has 0 fully saturated rings. The SMILES string of the molecule is CC(C)(C)C(=O)NCCCc1nc2ccccc2n1CCCOc1ccc(C(C)(C)C)cc1. The summed E-state index contributed by atoms with van der Waals surface area (Å²) in [6.45, 7) is 14.6. The van der Waals surface area contributed by atoms with E-state index in [4.69, 9.17) is 9.72 Å². The van der Waals surface area contributed by atoms with E-state index in [1.807, 2.05) is 26.8 Å². The number of benzene rings is 2. The first kappa shape index (κ1) is 24.8. The lowest BCUT2D eigenvalue weighted by Gasteiger charge is -2.19. The molecule has 2 aromatic carbocycles. The number of para-hydroxylation sites is 2. The molecule has 5 heteroatoms. The maximum atomic E-state index is 12.1. The fraction of sp³-hybridized carbons (Fsp3) is 0.500. The third-order valence-electron chi connectivity index (χ3n) is 5.79. The number of ether oxygens (including phenoxy) is 1. The van der Waals surface area contributed by atoms with E-state index >= 15 is 0 Å². The molecule has 0 aliphatic rings. The largest absolute Gasteiger partial charge is 0.494 e.